The van der Waals surface area contributed by atoms with Crippen molar-refractivity contribution in [2.45, 2.75) is 39.7 Å². The molecular formula is C11H18O. The molecule has 0 saturated carbocycles. The molecular weight excluding hydrogens is 148 g/mol. The molecule has 1 unspecified atom stereocenters. The first-order valence-corrected chi connectivity index (χ1v) is 4.47. The van der Waals surface area contributed by atoms with Crippen LogP contribution in [0.2, 0.25) is 0 Å². The lowest BCUT2D eigenvalue weighted by Crippen LogP contribution is -2.25. The van der Waals surface area contributed by atoms with Gasteiger partial charge in [0.2, 0.25) is 0 Å². The number of ether oxygens (including phenoxy) is 1. The first-order valence-electron chi connectivity index (χ1n) is 4.47. The average Bonchev–Trinajstić information content (AvgIpc) is 1.82. The molecule has 0 aromatic carbocycles. The van der Waals surface area contributed by atoms with Gasteiger partial charge in [-0.2, -0.15) is 0 Å². The third-order valence-electron chi connectivity index (χ3n) is 2.25. The van der Waals surface area contributed by atoms with Gasteiger partial charge in [-0.3, -0.25) is 0 Å². The van der Waals surface area contributed by atoms with E-state index in [4.69, 9.17) is 4.74 Å². The lowest BCUT2D eigenvalue weighted by atomic mass is 9.76. The van der Waals surface area contributed by atoms with Gasteiger partial charge in [0.05, 0.1) is 6.26 Å². The molecule has 68 valence electrons. The van der Waals surface area contributed by atoms with Gasteiger partial charge in [0, 0.05) is 0 Å². The van der Waals surface area contributed by atoms with E-state index in [2.05, 4.69) is 33.4 Å². The Balaban J connectivity index is 2.67. The monoisotopic (exact) mass is 166 g/mol. The van der Waals surface area contributed by atoms with Crippen molar-refractivity contribution in [3.05, 3.63) is 24.5 Å². The highest BCUT2D eigenvalue weighted by molar-refractivity contribution is 5.10. The Morgan fingerprint density at radius 3 is 2.83 bits per heavy atom. The fourth-order valence-corrected chi connectivity index (χ4v) is 2.02. The summed E-state index contributed by atoms with van der Waals surface area (Å²) in [5.74, 6) is 0. The maximum Gasteiger partial charge on any atom is 0.117 e. The molecule has 0 aliphatic heterocycles. The van der Waals surface area contributed by atoms with E-state index in [1.807, 2.05) is 0 Å². The van der Waals surface area contributed by atoms with Crippen molar-refractivity contribution in [2.24, 2.45) is 5.41 Å². The molecule has 12 heavy (non-hydrogen) atoms. The molecule has 0 radical (unpaired) electrons. The van der Waals surface area contributed by atoms with Crippen LogP contribution in [0.1, 0.15) is 33.6 Å². The third kappa shape index (κ3) is 2.40. The second-order valence-corrected chi connectivity index (χ2v) is 4.40. The summed E-state index contributed by atoms with van der Waals surface area (Å²) in [5.41, 5.74) is 1.81. The zero-order valence-corrected chi connectivity index (χ0v) is 8.26. The van der Waals surface area contributed by atoms with Crippen LogP contribution in [-0.4, -0.2) is 6.10 Å². The van der Waals surface area contributed by atoms with Crippen LogP contribution < -0.4 is 0 Å². The van der Waals surface area contributed by atoms with E-state index in [1.54, 1.807) is 0 Å². The zero-order valence-electron chi connectivity index (χ0n) is 8.26. The summed E-state index contributed by atoms with van der Waals surface area (Å²) in [6.45, 7) is 10.3. The van der Waals surface area contributed by atoms with Gasteiger partial charge in [0.25, 0.3) is 0 Å². The summed E-state index contributed by atoms with van der Waals surface area (Å²) in [6, 6.07) is 0. The third-order valence-corrected chi connectivity index (χ3v) is 2.25. The molecule has 0 fully saturated rings. The van der Waals surface area contributed by atoms with Crippen molar-refractivity contribution >= 4 is 0 Å². The Labute approximate surface area is 75.1 Å². The molecule has 0 aromatic heterocycles. The molecule has 0 amide bonds. The molecule has 1 nitrogen and oxygen atoms in total. The maximum atomic E-state index is 5.38. The zero-order chi connectivity index (χ0) is 9.19. The normalized spacial score (nSPS) is 27.6. The standard InChI is InChI=1S/C11H18O/c1-5-12-10-6-9(2)7-11(3,4)8-10/h5-6,10H,1,7-8H2,2-4H3. The summed E-state index contributed by atoms with van der Waals surface area (Å²) in [4.78, 5) is 0. The van der Waals surface area contributed by atoms with Crippen LogP contribution in [0.25, 0.3) is 0 Å². The van der Waals surface area contributed by atoms with Crippen molar-refractivity contribution in [1.29, 1.82) is 0 Å². The second-order valence-electron chi connectivity index (χ2n) is 4.40. The fourth-order valence-electron chi connectivity index (χ4n) is 2.02. The molecule has 0 heterocycles. The summed E-state index contributed by atoms with van der Waals surface area (Å²) in [5, 5.41) is 0. The smallest absolute Gasteiger partial charge is 0.117 e. The van der Waals surface area contributed by atoms with E-state index in [0.717, 1.165) is 6.42 Å². The second kappa shape index (κ2) is 3.34. The van der Waals surface area contributed by atoms with E-state index >= 15 is 0 Å². The van der Waals surface area contributed by atoms with Crippen LogP contribution in [0.15, 0.2) is 24.5 Å². The fraction of sp³-hybridized carbons (Fsp3) is 0.636. The van der Waals surface area contributed by atoms with Crippen molar-refractivity contribution < 1.29 is 4.74 Å². The van der Waals surface area contributed by atoms with Gasteiger partial charge in [-0.15, -0.1) is 0 Å². The van der Waals surface area contributed by atoms with Gasteiger partial charge in [-0.1, -0.05) is 26.0 Å². The quantitative estimate of drug-likeness (QED) is 0.452. The first-order chi connectivity index (χ1) is 5.53. The van der Waals surface area contributed by atoms with Crippen LogP contribution in [0.3, 0.4) is 0 Å². The number of hydrogen-bond donors (Lipinski definition) is 0. The van der Waals surface area contributed by atoms with Crippen molar-refractivity contribution in [3.63, 3.8) is 0 Å². The summed E-state index contributed by atoms with van der Waals surface area (Å²) in [7, 11) is 0. The Morgan fingerprint density at radius 1 is 1.67 bits per heavy atom. The van der Waals surface area contributed by atoms with Gasteiger partial charge in [0.15, 0.2) is 0 Å². The van der Waals surface area contributed by atoms with Gasteiger partial charge in [-0.25, -0.2) is 0 Å². The largest absolute Gasteiger partial charge is 0.495 e. The Hall–Kier alpha value is -0.720. The van der Waals surface area contributed by atoms with Crippen molar-refractivity contribution in [3.8, 4) is 0 Å². The van der Waals surface area contributed by atoms with Crippen LogP contribution in [-0.2, 0) is 4.74 Å². The minimum absolute atomic E-state index is 0.242. The van der Waals surface area contributed by atoms with E-state index < -0.39 is 0 Å². The highest BCUT2D eigenvalue weighted by Crippen LogP contribution is 2.36. The SMILES string of the molecule is C=COC1C=C(C)CC(C)(C)C1. The van der Waals surface area contributed by atoms with E-state index in [0.29, 0.717) is 5.41 Å². The lowest BCUT2D eigenvalue weighted by molar-refractivity contribution is 0.119. The minimum Gasteiger partial charge on any atom is -0.495 e. The highest BCUT2D eigenvalue weighted by Gasteiger charge is 2.27. The summed E-state index contributed by atoms with van der Waals surface area (Å²) in [6.07, 6.45) is 6.26. The maximum absolute atomic E-state index is 5.38. The van der Waals surface area contributed by atoms with Crippen LogP contribution in [0.4, 0.5) is 0 Å². The molecule has 0 N–H and O–H groups in total. The van der Waals surface area contributed by atoms with Gasteiger partial charge >= 0.3 is 0 Å². The molecule has 1 aliphatic rings. The molecule has 0 bridgehead atoms. The number of hydrogen-bond acceptors (Lipinski definition) is 1. The van der Waals surface area contributed by atoms with Crippen molar-refractivity contribution in [1.82, 2.24) is 0 Å². The summed E-state index contributed by atoms with van der Waals surface area (Å²) < 4.78 is 5.38. The van der Waals surface area contributed by atoms with Crippen LogP contribution in [0.5, 0.6) is 0 Å². The van der Waals surface area contributed by atoms with Crippen LogP contribution >= 0.6 is 0 Å². The molecule has 1 rings (SSSR count). The number of rotatable bonds is 2. The van der Waals surface area contributed by atoms with Crippen molar-refractivity contribution in [2.75, 3.05) is 0 Å². The molecule has 1 atom stereocenters. The van der Waals surface area contributed by atoms with Gasteiger partial charge in [-0.05, 0) is 31.3 Å². The predicted octanol–water partition coefficient (Wildman–Crippen LogP) is 3.28. The summed E-state index contributed by atoms with van der Waals surface area (Å²) >= 11 is 0. The highest BCUT2D eigenvalue weighted by atomic mass is 16.5. The minimum atomic E-state index is 0.242. The average molecular weight is 166 g/mol. The van der Waals surface area contributed by atoms with E-state index in [9.17, 15) is 0 Å². The first kappa shape index (κ1) is 9.37. The molecule has 0 saturated heterocycles. The molecule has 1 heteroatoms. The lowest BCUT2D eigenvalue weighted by Gasteiger charge is -2.33. The Bertz CT molecular complexity index is 201. The molecule has 0 spiro atoms. The predicted molar refractivity (Wildman–Crippen MR) is 51.8 cm³/mol. The van der Waals surface area contributed by atoms with E-state index in [-0.39, 0.29) is 6.10 Å². The van der Waals surface area contributed by atoms with Gasteiger partial charge in [0.1, 0.15) is 6.10 Å². The number of allylic oxidation sites excluding steroid dienone is 1. The molecule has 1 aliphatic carbocycles. The Morgan fingerprint density at radius 2 is 2.33 bits per heavy atom. The van der Waals surface area contributed by atoms with Crippen LogP contribution in [0, 0.1) is 5.41 Å². The molecule has 0 aromatic rings. The van der Waals surface area contributed by atoms with E-state index in [1.165, 1.54) is 18.3 Å². The topological polar surface area (TPSA) is 9.23 Å². The van der Waals surface area contributed by atoms with Gasteiger partial charge < -0.3 is 4.74 Å². The Kier molecular flexibility index (Phi) is 2.61.